The van der Waals surface area contributed by atoms with Gasteiger partial charge >= 0.3 is 0 Å². The van der Waals surface area contributed by atoms with Crippen molar-refractivity contribution in [2.75, 3.05) is 4.90 Å². The highest BCUT2D eigenvalue weighted by atomic mass is 32.2. The van der Waals surface area contributed by atoms with Gasteiger partial charge in [-0.15, -0.1) is 11.8 Å². The molecule has 9 aromatic rings. The van der Waals surface area contributed by atoms with Gasteiger partial charge in [-0.25, -0.2) is 0 Å². The number of fused-ring (bicyclic) bond motifs is 11. The van der Waals surface area contributed by atoms with Crippen LogP contribution in [0.5, 0.6) is 0 Å². The van der Waals surface area contributed by atoms with E-state index in [9.17, 15) is 0 Å². The first-order chi connectivity index (χ1) is 25.3. The lowest BCUT2D eigenvalue weighted by Crippen LogP contribution is -2.16. The number of para-hydroxylation sites is 3. The summed E-state index contributed by atoms with van der Waals surface area (Å²) in [6.07, 6.45) is 9.20. The zero-order valence-corrected chi connectivity index (χ0v) is 28.6. The molecule has 0 saturated heterocycles. The highest BCUT2D eigenvalue weighted by Crippen LogP contribution is 2.55. The standard InChI is InChI=1S/C48H32N2S/c1-2-15-32(16-3-1)49-41-23-10-8-20-37(41)38-22-12-25-43(48(38)49)50(42-24-13-27-46-47(42)39-21-9-11-26-45(39)51-46)44-30-40-33-17-5-4-14-31(33)28-29-35(40)34-18-6-7-19-36(34)44/h1-30,39,45H. The number of hydrogen-bond acceptors (Lipinski definition) is 2. The highest BCUT2D eigenvalue weighted by Gasteiger charge is 2.36. The Balaban J connectivity index is 1.32. The van der Waals surface area contributed by atoms with Crippen LogP contribution >= 0.6 is 11.8 Å². The van der Waals surface area contributed by atoms with Crippen LogP contribution in [0.4, 0.5) is 17.1 Å². The summed E-state index contributed by atoms with van der Waals surface area (Å²) in [6.45, 7) is 0. The first kappa shape index (κ1) is 28.8. The molecule has 0 bridgehead atoms. The summed E-state index contributed by atoms with van der Waals surface area (Å²) < 4.78 is 2.47. The molecule has 8 aromatic carbocycles. The summed E-state index contributed by atoms with van der Waals surface area (Å²) in [5.74, 6) is 0.292. The van der Waals surface area contributed by atoms with Crippen molar-refractivity contribution >= 4 is 82.9 Å². The molecule has 240 valence electrons. The highest BCUT2D eigenvalue weighted by molar-refractivity contribution is 8.00. The fourth-order valence-electron chi connectivity index (χ4n) is 8.71. The molecule has 0 fully saturated rings. The van der Waals surface area contributed by atoms with E-state index >= 15 is 0 Å². The van der Waals surface area contributed by atoms with Gasteiger partial charge < -0.3 is 9.47 Å². The Morgan fingerprint density at radius 1 is 0.471 bits per heavy atom. The zero-order valence-electron chi connectivity index (χ0n) is 27.8. The minimum Gasteiger partial charge on any atom is -0.307 e. The van der Waals surface area contributed by atoms with Crippen molar-refractivity contribution in [3.8, 4) is 5.69 Å². The summed E-state index contributed by atoms with van der Waals surface area (Å²) in [4.78, 5) is 3.95. The van der Waals surface area contributed by atoms with Crippen LogP contribution in [-0.4, -0.2) is 9.82 Å². The molecular weight excluding hydrogens is 637 g/mol. The monoisotopic (exact) mass is 668 g/mol. The maximum Gasteiger partial charge on any atom is 0.0782 e. The van der Waals surface area contributed by atoms with Gasteiger partial charge in [-0.1, -0.05) is 140 Å². The molecule has 1 aliphatic heterocycles. The molecular formula is C48H32N2S. The molecule has 2 unspecified atom stereocenters. The third kappa shape index (κ3) is 4.25. The van der Waals surface area contributed by atoms with E-state index in [-0.39, 0.29) is 0 Å². The van der Waals surface area contributed by atoms with E-state index in [2.05, 4.69) is 191 Å². The number of nitrogens with zero attached hydrogens (tertiary/aromatic N) is 2. The number of thioether (sulfide) groups is 1. The van der Waals surface area contributed by atoms with Crippen LogP contribution in [0, 0.1) is 0 Å². The van der Waals surface area contributed by atoms with Gasteiger partial charge in [-0.05, 0) is 75.0 Å². The van der Waals surface area contributed by atoms with E-state index in [1.165, 1.54) is 76.0 Å². The molecule has 2 aliphatic rings. The molecule has 0 spiro atoms. The summed E-state index contributed by atoms with van der Waals surface area (Å²) in [7, 11) is 0. The smallest absolute Gasteiger partial charge is 0.0782 e. The van der Waals surface area contributed by atoms with Crippen molar-refractivity contribution in [3.05, 3.63) is 188 Å². The number of aromatic nitrogens is 1. The van der Waals surface area contributed by atoms with Gasteiger partial charge in [0.15, 0.2) is 0 Å². The van der Waals surface area contributed by atoms with E-state index in [1.54, 1.807) is 0 Å². The maximum absolute atomic E-state index is 2.60. The SMILES string of the molecule is C1=CC2Sc3cccc(N(c4cc5c6ccccc6ccc5c5ccccc45)c4cccc5c6ccccc6n(-c6ccccc6)c45)c3C2C=C1. The van der Waals surface area contributed by atoms with Gasteiger partial charge in [-0.2, -0.15) is 0 Å². The van der Waals surface area contributed by atoms with Crippen LogP contribution in [0.15, 0.2) is 187 Å². The molecule has 2 atom stereocenters. The van der Waals surface area contributed by atoms with Gasteiger partial charge in [0.25, 0.3) is 0 Å². The molecule has 11 rings (SSSR count). The third-order valence-electron chi connectivity index (χ3n) is 10.9. The van der Waals surface area contributed by atoms with E-state index < -0.39 is 0 Å². The minimum atomic E-state index is 0.292. The fourth-order valence-corrected chi connectivity index (χ4v) is 10.1. The van der Waals surface area contributed by atoms with Crippen molar-refractivity contribution < 1.29 is 0 Å². The Morgan fingerprint density at radius 2 is 1.16 bits per heavy atom. The lowest BCUT2D eigenvalue weighted by atomic mass is 9.90. The average Bonchev–Trinajstić information content (AvgIpc) is 3.75. The van der Waals surface area contributed by atoms with E-state index in [1.807, 2.05) is 11.8 Å². The third-order valence-corrected chi connectivity index (χ3v) is 12.2. The van der Waals surface area contributed by atoms with Crippen LogP contribution in [0.2, 0.25) is 0 Å². The summed E-state index contributed by atoms with van der Waals surface area (Å²) >= 11 is 1.99. The lowest BCUT2D eigenvalue weighted by Gasteiger charge is -2.31. The van der Waals surface area contributed by atoms with Crippen LogP contribution in [0.3, 0.4) is 0 Å². The normalized spacial score (nSPS) is 16.4. The molecule has 1 aromatic heterocycles. The first-order valence-corrected chi connectivity index (χ1v) is 18.6. The van der Waals surface area contributed by atoms with Gasteiger partial charge in [0.2, 0.25) is 0 Å². The largest absolute Gasteiger partial charge is 0.307 e. The lowest BCUT2D eigenvalue weighted by molar-refractivity contribution is 0.878. The van der Waals surface area contributed by atoms with Crippen molar-refractivity contribution in [2.45, 2.75) is 16.1 Å². The second-order valence-electron chi connectivity index (χ2n) is 13.6. The topological polar surface area (TPSA) is 8.17 Å². The molecule has 0 amide bonds. The zero-order chi connectivity index (χ0) is 33.5. The second kappa shape index (κ2) is 11.2. The Morgan fingerprint density at radius 3 is 2.06 bits per heavy atom. The fraction of sp³-hybridized carbons (Fsp3) is 0.0417. The molecule has 1 aliphatic carbocycles. The number of hydrogen-bond donors (Lipinski definition) is 0. The summed E-state index contributed by atoms with van der Waals surface area (Å²) in [5, 5.41) is 10.4. The van der Waals surface area contributed by atoms with Gasteiger partial charge in [0.1, 0.15) is 0 Å². The van der Waals surface area contributed by atoms with Crippen molar-refractivity contribution in [1.29, 1.82) is 0 Å². The number of benzene rings is 8. The van der Waals surface area contributed by atoms with Gasteiger partial charge in [0, 0.05) is 37.9 Å². The molecule has 51 heavy (non-hydrogen) atoms. The Labute approximate surface area is 300 Å². The Kier molecular flexibility index (Phi) is 6.34. The molecule has 3 heteroatoms. The van der Waals surface area contributed by atoms with Crippen molar-refractivity contribution in [2.24, 2.45) is 0 Å². The molecule has 2 heterocycles. The van der Waals surface area contributed by atoms with Gasteiger partial charge in [0.05, 0.1) is 28.1 Å². The Bertz CT molecular complexity index is 2920. The number of allylic oxidation sites excluding steroid dienone is 3. The number of anilines is 3. The summed E-state index contributed by atoms with van der Waals surface area (Å²) in [6, 6.07) is 58.3. The molecule has 0 N–H and O–H groups in total. The van der Waals surface area contributed by atoms with E-state index in [4.69, 9.17) is 0 Å². The van der Waals surface area contributed by atoms with E-state index in [0.29, 0.717) is 11.2 Å². The predicted octanol–water partition coefficient (Wildman–Crippen LogP) is 13.4. The predicted molar refractivity (Wildman–Crippen MR) is 219 cm³/mol. The maximum atomic E-state index is 2.60. The van der Waals surface area contributed by atoms with Crippen LogP contribution in [0.1, 0.15) is 11.5 Å². The van der Waals surface area contributed by atoms with Crippen LogP contribution in [-0.2, 0) is 0 Å². The molecule has 2 nitrogen and oxygen atoms in total. The van der Waals surface area contributed by atoms with Crippen molar-refractivity contribution in [3.63, 3.8) is 0 Å². The molecule has 0 saturated carbocycles. The average molecular weight is 669 g/mol. The summed E-state index contributed by atoms with van der Waals surface area (Å²) in [5.41, 5.74) is 8.53. The quantitative estimate of drug-likeness (QED) is 0.173. The Hall–Kier alpha value is -6.03. The first-order valence-electron chi connectivity index (χ1n) is 17.7. The second-order valence-corrected chi connectivity index (χ2v) is 14.8. The van der Waals surface area contributed by atoms with Gasteiger partial charge in [-0.3, -0.25) is 0 Å². The molecule has 0 radical (unpaired) electrons. The van der Waals surface area contributed by atoms with E-state index in [0.717, 1.165) is 11.4 Å². The minimum absolute atomic E-state index is 0.292. The van der Waals surface area contributed by atoms with Crippen LogP contribution in [0.25, 0.3) is 59.8 Å². The van der Waals surface area contributed by atoms with Crippen LogP contribution < -0.4 is 4.90 Å². The number of rotatable bonds is 4. The van der Waals surface area contributed by atoms with Crippen molar-refractivity contribution in [1.82, 2.24) is 4.57 Å².